The molecule has 0 unspecified atom stereocenters. The van der Waals surface area contributed by atoms with Gasteiger partial charge in [0.05, 0.1) is 17.3 Å². The van der Waals surface area contributed by atoms with Gasteiger partial charge in [-0.05, 0) is 41.1 Å². The Morgan fingerprint density at radius 1 is 0.964 bits per heavy atom. The summed E-state index contributed by atoms with van der Waals surface area (Å²) in [6, 6.07) is 19.2. The topological polar surface area (TPSA) is 110 Å². The monoisotopic (exact) mass is 372 g/mol. The molecule has 0 aliphatic carbocycles. The van der Waals surface area contributed by atoms with Gasteiger partial charge in [0, 0.05) is 0 Å². The SMILES string of the molecule is N#Cc1ccc(Nc2nc(N)nc(Oc3ccc4ccccc4c3)n2)c(F)c1. The van der Waals surface area contributed by atoms with E-state index in [2.05, 4.69) is 20.3 Å². The number of aromatic nitrogens is 3. The standard InChI is InChI=1S/C20H13FN6O/c21-16-9-12(11-22)5-8-17(16)24-19-25-18(23)26-20(27-19)28-15-7-6-13-3-1-2-4-14(13)10-15/h1-10H,(H3,23,24,25,26,27). The Hall–Kier alpha value is -4.25. The minimum atomic E-state index is -0.616. The quantitative estimate of drug-likeness (QED) is 0.553. The average molecular weight is 372 g/mol. The van der Waals surface area contributed by atoms with E-state index in [0.717, 1.165) is 16.8 Å². The predicted octanol–water partition coefficient (Wildman–Crippen LogP) is 4.15. The first-order valence-electron chi connectivity index (χ1n) is 8.25. The van der Waals surface area contributed by atoms with Gasteiger partial charge >= 0.3 is 6.01 Å². The number of anilines is 3. The lowest BCUT2D eigenvalue weighted by Crippen LogP contribution is -2.06. The van der Waals surface area contributed by atoms with Crippen LogP contribution in [0.15, 0.2) is 60.7 Å². The maximum Gasteiger partial charge on any atom is 0.328 e. The van der Waals surface area contributed by atoms with E-state index in [1.54, 1.807) is 6.07 Å². The number of ether oxygens (including phenoxy) is 1. The van der Waals surface area contributed by atoms with Gasteiger partial charge in [0.2, 0.25) is 11.9 Å². The molecule has 0 saturated heterocycles. The van der Waals surface area contributed by atoms with Crippen LogP contribution in [0.4, 0.5) is 22.0 Å². The molecule has 4 aromatic rings. The van der Waals surface area contributed by atoms with Crippen molar-refractivity contribution in [2.24, 2.45) is 0 Å². The Kier molecular flexibility index (Phi) is 4.40. The van der Waals surface area contributed by atoms with Crippen LogP contribution >= 0.6 is 0 Å². The molecule has 0 fully saturated rings. The second-order valence-corrected chi connectivity index (χ2v) is 5.84. The minimum absolute atomic E-state index is 0.0203. The third kappa shape index (κ3) is 3.64. The summed E-state index contributed by atoms with van der Waals surface area (Å²) in [6.07, 6.45) is 0. The first-order chi connectivity index (χ1) is 13.6. The van der Waals surface area contributed by atoms with Gasteiger partial charge in [0.25, 0.3) is 0 Å². The zero-order valence-corrected chi connectivity index (χ0v) is 14.4. The molecule has 1 aromatic heterocycles. The third-order valence-corrected chi connectivity index (χ3v) is 3.91. The Bertz CT molecular complexity index is 1220. The van der Waals surface area contributed by atoms with E-state index >= 15 is 0 Å². The van der Waals surface area contributed by atoms with Crippen LogP contribution in [0, 0.1) is 17.1 Å². The van der Waals surface area contributed by atoms with Crippen molar-refractivity contribution in [3.8, 4) is 17.8 Å². The summed E-state index contributed by atoms with van der Waals surface area (Å²) >= 11 is 0. The van der Waals surface area contributed by atoms with Crippen LogP contribution in [0.25, 0.3) is 10.8 Å². The normalized spacial score (nSPS) is 10.4. The summed E-state index contributed by atoms with van der Waals surface area (Å²) in [5.74, 6) is -0.149. The molecule has 28 heavy (non-hydrogen) atoms. The van der Waals surface area contributed by atoms with Gasteiger partial charge in [-0.1, -0.05) is 30.3 Å². The lowest BCUT2D eigenvalue weighted by atomic mass is 10.1. The summed E-state index contributed by atoms with van der Waals surface area (Å²) in [4.78, 5) is 12.0. The Balaban J connectivity index is 1.60. The average Bonchev–Trinajstić information content (AvgIpc) is 2.69. The van der Waals surface area contributed by atoms with Crippen molar-refractivity contribution in [1.29, 1.82) is 5.26 Å². The number of nitrogens with two attached hydrogens (primary N) is 1. The summed E-state index contributed by atoms with van der Waals surface area (Å²) in [5.41, 5.74) is 6.03. The highest BCUT2D eigenvalue weighted by atomic mass is 19.1. The maximum absolute atomic E-state index is 14.1. The summed E-state index contributed by atoms with van der Waals surface area (Å²) in [5, 5.41) is 13.6. The van der Waals surface area contributed by atoms with Crippen LogP contribution in [0.2, 0.25) is 0 Å². The molecule has 4 rings (SSSR count). The molecule has 136 valence electrons. The van der Waals surface area contributed by atoms with Crippen molar-refractivity contribution in [3.05, 3.63) is 72.0 Å². The first-order valence-corrected chi connectivity index (χ1v) is 8.25. The predicted molar refractivity (Wildman–Crippen MR) is 103 cm³/mol. The number of halogens is 1. The fourth-order valence-electron chi connectivity index (χ4n) is 2.62. The zero-order chi connectivity index (χ0) is 19.5. The fraction of sp³-hybridized carbons (Fsp3) is 0. The van der Waals surface area contributed by atoms with Crippen LogP contribution in [-0.4, -0.2) is 15.0 Å². The van der Waals surface area contributed by atoms with Crippen LogP contribution in [0.5, 0.6) is 11.8 Å². The summed E-state index contributed by atoms with van der Waals surface area (Å²) < 4.78 is 19.8. The number of nitrogens with zero attached hydrogens (tertiary/aromatic N) is 4. The maximum atomic E-state index is 14.1. The highest BCUT2D eigenvalue weighted by molar-refractivity contribution is 5.83. The molecule has 0 spiro atoms. The second-order valence-electron chi connectivity index (χ2n) is 5.84. The lowest BCUT2D eigenvalue weighted by Gasteiger charge is -2.09. The van der Waals surface area contributed by atoms with Gasteiger partial charge < -0.3 is 15.8 Å². The number of nitriles is 1. The van der Waals surface area contributed by atoms with Crippen LogP contribution in [0.3, 0.4) is 0 Å². The Morgan fingerprint density at radius 3 is 2.57 bits per heavy atom. The van der Waals surface area contributed by atoms with Crippen LogP contribution in [0.1, 0.15) is 5.56 Å². The number of hydrogen-bond donors (Lipinski definition) is 2. The van der Waals surface area contributed by atoms with E-state index in [4.69, 9.17) is 15.7 Å². The van der Waals surface area contributed by atoms with Gasteiger partial charge in [-0.25, -0.2) is 4.39 Å². The van der Waals surface area contributed by atoms with Crippen LogP contribution < -0.4 is 15.8 Å². The highest BCUT2D eigenvalue weighted by Gasteiger charge is 2.10. The fourth-order valence-corrected chi connectivity index (χ4v) is 2.62. The summed E-state index contributed by atoms with van der Waals surface area (Å²) in [6.45, 7) is 0. The number of nitrogen functional groups attached to an aromatic ring is 1. The van der Waals surface area contributed by atoms with Gasteiger partial charge in [0.1, 0.15) is 11.6 Å². The minimum Gasteiger partial charge on any atom is -0.424 e. The number of nitrogens with one attached hydrogen (secondary N) is 1. The molecule has 0 bridgehead atoms. The van der Waals surface area contributed by atoms with Crippen molar-refractivity contribution in [2.75, 3.05) is 11.1 Å². The van der Waals surface area contributed by atoms with Gasteiger partial charge in [-0.2, -0.15) is 20.2 Å². The van der Waals surface area contributed by atoms with Crippen molar-refractivity contribution >= 4 is 28.4 Å². The highest BCUT2D eigenvalue weighted by Crippen LogP contribution is 2.25. The van der Waals surface area contributed by atoms with E-state index in [9.17, 15) is 4.39 Å². The molecule has 7 nitrogen and oxygen atoms in total. The van der Waals surface area contributed by atoms with E-state index in [1.165, 1.54) is 12.1 Å². The molecule has 0 radical (unpaired) electrons. The largest absolute Gasteiger partial charge is 0.424 e. The zero-order valence-electron chi connectivity index (χ0n) is 14.4. The van der Waals surface area contributed by atoms with Crippen molar-refractivity contribution in [1.82, 2.24) is 15.0 Å². The van der Waals surface area contributed by atoms with Crippen LogP contribution in [-0.2, 0) is 0 Å². The van der Waals surface area contributed by atoms with Crippen molar-refractivity contribution in [2.45, 2.75) is 0 Å². The third-order valence-electron chi connectivity index (χ3n) is 3.91. The van der Waals surface area contributed by atoms with Crippen molar-refractivity contribution in [3.63, 3.8) is 0 Å². The molecule has 0 aliphatic heterocycles. The smallest absolute Gasteiger partial charge is 0.328 e. The molecule has 0 saturated carbocycles. The van der Waals surface area contributed by atoms with Gasteiger partial charge in [0.15, 0.2) is 0 Å². The summed E-state index contributed by atoms with van der Waals surface area (Å²) in [7, 11) is 0. The molecular weight excluding hydrogens is 359 g/mol. The Morgan fingerprint density at radius 2 is 1.79 bits per heavy atom. The molecule has 0 aliphatic rings. The van der Waals surface area contributed by atoms with E-state index in [1.807, 2.05) is 42.5 Å². The van der Waals surface area contributed by atoms with Gasteiger partial charge in [-0.15, -0.1) is 0 Å². The second kappa shape index (κ2) is 7.17. The Labute approximate surface area is 159 Å². The molecule has 0 atom stereocenters. The molecule has 0 amide bonds. The lowest BCUT2D eigenvalue weighted by molar-refractivity contribution is 0.442. The number of fused-ring (bicyclic) bond motifs is 1. The number of benzene rings is 3. The first kappa shape index (κ1) is 17.2. The van der Waals surface area contributed by atoms with Gasteiger partial charge in [-0.3, -0.25) is 0 Å². The van der Waals surface area contributed by atoms with Crippen molar-refractivity contribution < 1.29 is 9.13 Å². The van der Waals surface area contributed by atoms with E-state index in [-0.39, 0.29) is 29.2 Å². The van der Waals surface area contributed by atoms with E-state index in [0.29, 0.717) is 5.75 Å². The van der Waals surface area contributed by atoms with E-state index < -0.39 is 5.82 Å². The molecular formula is C20H13FN6O. The molecule has 1 heterocycles. The number of rotatable bonds is 4. The molecule has 8 heteroatoms. The molecule has 3 aromatic carbocycles. The number of hydrogen-bond acceptors (Lipinski definition) is 7. The molecule has 3 N–H and O–H groups in total.